The van der Waals surface area contributed by atoms with Crippen molar-refractivity contribution in [2.24, 2.45) is 5.73 Å². The maximum Gasteiger partial charge on any atom is 0.137 e. The third-order valence-corrected chi connectivity index (χ3v) is 3.60. The highest BCUT2D eigenvalue weighted by Gasteiger charge is 2.31. The highest BCUT2D eigenvalue weighted by atomic mass is 79.9. The molecule has 1 atom stereocenters. The predicted molar refractivity (Wildman–Crippen MR) is 60.2 cm³/mol. The van der Waals surface area contributed by atoms with E-state index < -0.39 is 0 Å². The molecule has 1 unspecified atom stereocenters. The molecule has 0 amide bonds. The van der Waals surface area contributed by atoms with Crippen molar-refractivity contribution in [3.63, 3.8) is 0 Å². The van der Waals surface area contributed by atoms with Crippen LogP contribution in [0.25, 0.3) is 0 Å². The Morgan fingerprint density at radius 1 is 1.53 bits per heavy atom. The predicted octanol–water partition coefficient (Wildman–Crippen LogP) is 2.25. The number of hydrogen-bond donors (Lipinski definition) is 1. The number of benzene rings is 1. The fraction of sp³-hybridized carbons (Fsp3) is 0.455. The van der Waals surface area contributed by atoms with E-state index >= 15 is 0 Å². The lowest BCUT2D eigenvalue weighted by Gasteiger charge is -2.22. The molecule has 1 aromatic rings. The minimum Gasteiger partial charge on any atom is -0.379 e. The Balaban J connectivity index is 2.20. The Kier molecular flexibility index (Phi) is 3.09. The summed E-state index contributed by atoms with van der Waals surface area (Å²) >= 11 is 3.24. The zero-order chi connectivity index (χ0) is 10.9. The van der Waals surface area contributed by atoms with Crippen LogP contribution in [-0.4, -0.2) is 18.8 Å². The van der Waals surface area contributed by atoms with Gasteiger partial charge < -0.3 is 10.5 Å². The summed E-state index contributed by atoms with van der Waals surface area (Å²) in [5.74, 6) is -0.241. The molecule has 1 fully saturated rings. The maximum atomic E-state index is 13.3. The summed E-state index contributed by atoms with van der Waals surface area (Å²) in [5.41, 5.74) is 6.71. The molecule has 1 aromatic carbocycles. The Morgan fingerprint density at radius 2 is 2.33 bits per heavy atom. The Labute approximate surface area is 96.7 Å². The molecule has 15 heavy (non-hydrogen) atoms. The van der Waals surface area contributed by atoms with Crippen LogP contribution in [-0.2, 0) is 11.2 Å². The smallest absolute Gasteiger partial charge is 0.137 e. The number of nitrogens with two attached hydrogens (primary N) is 1. The average Bonchev–Trinajstić information content (AvgIpc) is 2.60. The van der Waals surface area contributed by atoms with E-state index in [1.807, 2.05) is 6.07 Å². The van der Waals surface area contributed by atoms with Crippen LogP contribution in [0.15, 0.2) is 22.7 Å². The van der Waals surface area contributed by atoms with Crippen molar-refractivity contribution in [3.05, 3.63) is 34.1 Å². The van der Waals surface area contributed by atoms with Crippen LogP contribution in [0.5, 0.6) is 0 Å². The quantitative estimate of drug-likeness (QED) is 0.897. The lowest BCUT2D eigenvalue weighted by atomic mass is 9.91. The lowest BCUT2D eigenvalue weighted by Crippen LogP contribution is -2.42. The van der Waals surface area contributed by atoms with E-state index in [1.165, 1.54) is 6.07 Å². The van der Waals surface area contributed by atoms with E-state index in [4.69, 9.17) is 10.5 Å². The third-order valence-electron chi connectivity index (χ3n) is 2.71. The van der Waals surface area contributed by atoms with E-state index in [1.54, 1.807) is 6.07 Å². The summed E-state index contributed by atoms with van der Waals surface area (Å²) in [4.78, 5) is 0. The highest BCUT2D eigenvalue weighted by Crippen LogP contribution is 2.27. The molecule has 0 spiro atoms. The van der Waals surface area contributed by atoms with E-state index in [0.717, 1.165) is 12.0 Å². The topological polar surface area (TPSA) is 35.2 Å². The summed E-state index contributed by atoms with van der Waals surface area (Å²) in [6.45, 7) is 1.25. The number of rotatable bonds is 2. The zero-order valence-electron chi connectivity index (χ0n) is 8.30. The molecular weight excluding hydrogens is 261 g/mol. The second-order valence-corrected chi connectivity index (χ2v) is 4.85. The van der Waals surface area contributed by atoms with Crippen LogP contribution in [0.2, 0.25) is 0 Å². The average molecular weight is 274 g/mol. The van der Waals surface area contributed by atoms with Gasteiger partial charge in [0.15, 0.2) is 0 Å². The molecule has 4 heteroatoms. The van der Waals surface area contributed by atoms with Gasteiger partial charge in [-0.2, -0.15) is 0 Å². The summed E-state index contributed by atoms with van der Waals surface area (Å²) in [6.07, 6.45) is 1.47. The summed E-state index contributed by atoms with van der Waals surface area (Å²) in [6, 6.07) is 5.02. The molecule has 0 radical (unpaired) electrons. The fourth-order valence-electron chi connectivity index (χ4n) is 1.83. The van der Waals surface area contributed by atoms with Crippen molar-refractivity contribution in [2.45, 2.75) is 18.4 Å². The fourth-order valence-corrected chi connectivity index (χ4v) is 2.23. The Hall–Kier alpha value is -0.450. The molecule has 1 aliphatic heterocycles. The molecule has 82 valence electrons. The van der Waals surface area contributed by atoms with Crippen LogP contribution < -0.4 is 5.73 Å². The first kappa shape index (κ1) is 11.0. The molecule has 1 heterocycles. The lowest BCUT2D eigenvalue weighted by molar-refractivity contribution is 0.178. The van der Waals surface area contributed by atoms with Gasteiger partial charge in [0.05, 0.1) is 11.1 Å². The van der Waals surface area contributed by atoms with Gasteiger partial charge in [0.2, 0.25) is 0 Å². The molecule has 1 aliphatic rings. The molecule has 0 aromatic heterocycles. The van der Waals surface area contributed by atoms with Gasteiger partial charge >= 0.3 is 0 Å². The highest BCUT2D eigenvalue weighted by molar-refractivity contribution is 9.10. The summed E-state index contributed by atoms with van der Waals surface area (Å²) in [7, 11) is 0. The zero-order valence-corrected chi connectivity index (χ0v) is 9.89. The molecule has 0 bridgehead atoms. The van der Waals surface area contributed by atoms with Crippen molar-refractivity contribution in [1.29, 1.82) is 0 Å². The molecule has 1 saturated heterocycles. The first-order valence-corrected chi connectivity index (χ1v) is 5.70. The van der Waals surface area contributed by atoms with Crippen molar-refractivity contribution in [2.75, 3.05) is 13.2 Å². The van der Waals surface area contributed by atoms with Crippen molar-refractivity contribution in [3.8, 4) is 0 Å². The Bertz CT molecular complexity index is 364. The molecule has 2 rings (SSSR count). The van der Waals surface area contributed by atoms with Crippen LogP contribution in [0, 0.1) is 5.82 Å². The SMILES string of the molecule is NC1(Cc2cccc(F)c2Br)CCOC1. The van der Waals surface area contributed by atoms with Gasteiger partial charge in [0, 0.05) is 12.1 Å². The van der Waals surface area contributed by atoms with E-state index in [0.29, 0.717) is 24.1 Å². The molecule has 2 N–H and O–H groups in total. The van der Waals surface area contributed by atoms with E-state index in [9.17, 15) is 4.39 Å². The van der Waals surface area contributed by atoms with Crippen LogP contribution in [0.1, 0.15) is 12.0 Å². The van der Waals surface area contributed by atoms with Crippen molar-refractivity contribution >= 4 is 15.9 Å². The van der Waals surface area contributed by atoms with Gasteiger partial charge in [-0.05, 0) is 40.4 Å². The standard InChI is InChI=1S/C11H13BrFNO/c12-10-8(2-1-3-9(10)13)6-11(14)4-5-15-7-11/h1-3H,4-7,14H2. The minimum atomic E-state index is -0.337. The Morgan fingerprint density at radius 3 is 3.00 bits per heavy atom. The largest absolute Gasteiger partial charge is 0.379 e. The van der Waals surface area contributed by atoms with Crippen LogP contribution in [0.3, 0.4) is 0 Å². The molecule has 2 nitrogen and oxygen atoms in total. The van der Waals surface area contributed by atoms with Crippen molar-refractivity contribution in [1.82, 2.24) is 0 Å². The van der Waals surface area contributed by atoms with Crippen LogP contribution >= 0.6 is 15.9 Å². The van der Waals surface area contributed by atoms with Gasteiger partial charge in [-0.1, -0.05) is 12.1 Å². The first-order valence-electron chi connectivity index (χ1n) is 4.90. The normalized spacial score (nSPS) is 25.8. The monoisotopic (exact) mass is 273 g/mol. The first-order chi connectivity index (χ1) is 7.11. The van der Waals surface area contributed by atoms with Crippen molar-refractivity contribution < 1.29 is 9.13 Å². The number of halogens is 2. The van der Waals surface area contributed by atoms with Crippen LogP contribution in [0.4, 0.5) is 4.39 Å². The second-order valence-electron chi connectivity index (χ2n) is 4.05. The van der Waals surface area contributed by atoms with Gasteiger partial charge in [0.25, 0.3) is 0 Å². The molecule has 0 saturated carbocycles. The van der Waals surface area contributed by atoms with Gasteiger partial charge in [-0.3, -0.25) is 0 Å². The molecule has 0 aliphatic carbocycles. The number of hydrogen-bond acceptors (Lipinski definition) is 2. The van der Waals surface area contributed by atoms with E-state index in [-0.39, 0.29) is 11.4 Å². The minimum absolute atomic E-state index is 0.241. The van der Waals surface area contributed by atoms with Gasteiger partial charge in [0.1, 0.15) is 5.82 Å². The number of ether oxygens (including phenoxy) is 1. The summed E-state index contributed by atoms with van der Waals surface area (Å²) in [5, 5.41) is 0. The third kappa shape index (κ3) is 2.38. The van der Waals surface area contributed by atoms with Gasteiger partial charge in [-0.15, -0.1) is 0 Å². The van der Waals surface area contributed by atoms with E-state index in [2.05, 4.69) is 15.9 Å². The maximum absolute atomic E-state index is 13.3. The second kappa shape index (κ2) is 4.20. The summed E-state index contributed by atoms with van der Waals surface area (Å²) < 4.78 is 19.0. The van der Waals surface area contributed by atoms with Gasteiger partial charge in [-0.25, -0.2) is 4.39 Å². The molecular formula is C11H13BrFNO.